The number of anilines is 1. The summed E-state index contributed by atoms with van der Waals surface area (Å²) < 4.78 is 2.06. The average Bonchev–Trinajstić information content (AvgIpc) is 2.76. The molecule has 98 valence electrons. The molecule has 0 radical (unpaired) electrons. The second-order valence-corrected chi connectivity index (χ2v) is 6.76. The van der Waals surface area contributed by atoms with Gasteiger partial charge in [0.15, 0.2) is 5.15 Å². The summed E-state index contributed by atoms with van der Waals surface area (Å²) in [6.07, 6.45) is 3.87. The molecule has 1 heterocycles. The van der Waals surface area contributed by atoms with E-state index in [-0.39, 0.29) is 0 Å². The first-order valence-electron chi connectivity index (χ1n) is 5.99. The molecule has 0 aliphatic heterocycles. The highest BCUT2D eigenvalue weighted by Gasteiger charge is 2.23. The molecule has 1 aromatic carbocycles. The molecule has 0 amide bonds. The first-order valence-corrected chi connectivity index (χ1v) is 7.96. The number of halogens is 3. The summed E-state index contributed by atoms with van der Waals surface area (Å²) in [5, 5.41) is 3.99. The van der Waals surface area contributed by atoms with E-state index < -0.39 is 0 Å². The summed E-state index contributed by atoms with van der Waals surface area (Å²) in [5.74, 6) is 0. The highest BCUT2D eigenvalue weighted by Crippen LogP contribution is 2.36. The monoisotopic (exact) mass is 400 g/mol. The molecule has 0 saturated heterocycles. The lowest BCUT2D eigenvalue weighted by atomic mass is 10.1. The van der Waals surface area contributed by atoms with Crippen molar-refractivity contribution >= 4 is 49.1 Å². The van der Waals surface area contributed by atoms with Crippen molar-refractivity contribution in [2.24, 2.45) is 0 Å². The van der Waals surface area contributed by atoms with Gasteiger partial charge in [-0.3, -0.25) is 0 Å². The summed E-state index contributed by atoms with van der Waals surface area (Å²) >= 11 is 13.1. The van der Waals surface area contributed by atoms with E-state index in [4.69, 9.17) is 11.6 Å². The maximum atomic E-state index is 6.13. The van der Waals surface area contributed by atoms with E-state index in [2.05, 4.69) is 60.4 Å². The van der Waals surface area contributed by atoms with E-state index in [1.54, 1.807) is 6.20 Å². The molecular formula is C14H11Br2ClN2. The smallest absolute Gasteiger partial charge is 0.152 e. The molecule has 19 heavy (non-hydrogen) atoms. The summed E-state index contributed by atoms with van der Waals surface area (Å²) in [6, 6.07) is 8.71. The number of aromatic nitrogens is 1. The molecule has 1 aromatic heterocycles. The Hall–Kier alpha value is -0.580. The minimum absolute atomic E-state index is 0.302. The van der Waals surface area contributed by atoms with Crippen molar-refractivity contribution in [1.29, 1.82) is 0 Å². The van der Waals surface area contributed by atoms with Crippen LogP contribution in [0.4, 0.5) is 5.69 Å². The first kappa shape index (κ1) is 13.4. The average molecular weight is 403 g/mol. The quantitative estimate of drug-likeness (QED) is 0.684. The molecular weight excluding hydrogens is 391 g/mol. The van der Waals surface area contributed by atoms with E-state index >= 15 is 0 Å². The third kappa shape index (κ3) is 2.81. The molecule has 2 aromatic rings. The number of pyridine rings is 1. The predicted molar refractivity (Wildman–Crippen MR) is 85.8 cm³/mol. The van der Waals surface area contributed by atoms with Crippen LogP contribution < -0.4 is 5.32 Å². The van der Waals surface area contributed by atoms with Crippen molar-refractivity contribution in [3.8, 4) is 0 Å². The van der Waals surface area contributed by atoms with Crippen molar-refractivity contribution in [3.05, 3.63) is 55.7 Å². The molecule has 2 nitrogen and oxygen atoms in total. The highest BCUT2D eigenvalue weighted by molar-refractivity contribution is 9.10. The van der Waals surface area contributed by atoms with Crippen LogP contribution in [-0.4, -0.2) is 4.98 Å². The number of nitrogens with one attached hydrogen (secondary N) is 1. The first-order chi connectivity index (χ1) is 9.13. The van der Waals surface area contributed by atoms with Gasteiger partial charge in [0.05, 0.1) is 11.7 Å². The number of aryl methyl sites for hydroxylation is 1. The molecule has 1 N–H and O–H groups in total. The maximum absolute atomic E-state index is 6.13. The van der Waals surface area contributed by atoms with Crippen LogP contribution in [0.15, 0.2) is 39.4 Å². The number of fused-ring (bicyclic) bond motifs is 1. The van der Waals surface area contributed by atoms with Crippen LogP contribution in [0.3, 0.4) is 0 Å². The van der Waals surface area contributed by atoms with Crippen LogP contribution in [0.25, 0.3) is 0 Å². The predicted octanol–water partition coefficient (Wildman–Crippen LogP) is 5.36. The molecule has 5 heteroatoms. The zero-order chi connectivity index (χ0) is 13.4. The van der Waals surface area contributed by atoms with Gasteiger partial charge < -0.3 is 5.32 Å². The molecule has 1 aliphatic carbocycles. The Morgan fingerprint density at radius 3 is 2.89 bits per heavy atom. The number of benzene rings is 1. The SMILES string of the molecule is Clc1ncc(Br)cc1NC1CCc2cc(Br)ccc21. The van der Waals surface area contributed by atoms with Crippen molar-refractivity contribution in [2.45, 2.75) is 18.9 Å². The Balaban J connectivity index is 1.88. The Labute approximate surface area is 133 Å². The number of hydrogen-bond donors (Lipinski definition) is 1. The Bertz CT molecular complexity index is 631. The summed E-state index contributed by atoms with van der Waals surface area (Å²) in [7, 11) is 0. The van der Waals surface area contributed by atoms with E-state index in [0.29, 0.717) is 11.2 Å². The van der Waals surface area contributed by atoms with Gasteiger partial charge in [-0.1, -0.05) is 33.6 Å². The van der Waals surface area contributed by atoms with Crippen molar-refractivity contribution in [2.75, 3.05) is 5.32 Å². The van der Waals surface area contributed by atoms with Gasteiger partial charge in [0.1, 0.15) is 0 Å². The van der Waals surface area contributed by atoms with Crippen molar-refractivity contribution in [3.63, 3.8) is 0 Å². The highest BCUT2D eigenvalue weighted by atomic mass is 79.9. The van der Waals surface area contributed by atoms with Gasteiger partial charge in [-0.05, 0) is 58.1 Å². The summed E-state index contributed by atoms with van der Waals surface area (Å²) in [6.45, 7) is 0. The number of nitrogens with zero attached hydrogens (tertiary/aromatic N) is 1. The third-order valence-electron chi connectivity index (χ3n) is 3.32. The Morgan fingerprint density at radius 2 is 2.05 bits per heavy atom. The second-order valence-electron chi connectivity index (χ2n) is 4.57. The van der Waals surface area contributed by atoms with Gasteiger partial charge in [-0.25, -0.2) is 4.98 Å². The number of hydrogen-bond acceptors (Lipinski definition) is 2. The maximum Gasteiger partial charge on any atom is 0.152 e. The standard InChI is InChI=1S/C14H11Br2ClN2/c15-9-2-3-11-8(5-9)1-4-12(11)19-13-6-10(16)7-18-14(13)17/h2-3,5-7,12,19H,1,4H2. The fraction of sp³-hybridized carbons (Fsp3) is 0.214. The zero-order valence-electron chi connectivity index (χ0n) is 9.96. The molecule has 1 unspecified atom stereocenters. The summed E-state index contributed by atoms with van der Waals surface area (Å²) in [5.41, 5.74) is 3.61. The zero-order valence-corrected chi connectivity index (χ0v) is 13.9. The van der Waals surface area contributed by atoms with Crippen LogP contribution in [0, 0.1) is 0 Å². The van der Waals surface area contributed by atoms with Crippen LogP contribution in [0.1, 0.15) is 23.6 Å². The Kier molecular flexibility index (Phi) is 3.83. The molecule has 0 fully saturated rings. The third-order valence-corrected chi connectivity index (χ3v) is 4.55. The molecule has 3 rings (SSSR count). The minimum Gasteiger partial charge on any atom is -0.376 e. The van der Waals surface area contributed by atoms with Crippen LogP contribution in [0.5, 0.6) is 0 Å². The topological polar surface area (TPSA) is 24.9 Å². The van der Waals surface area contributed by atoms with Gasteiger partial charge in [-0.2, -0.15) is 0 Å². The molecule has 0 spiro atoms. The normalized spacial score (nSPS) is 17.3. The van der Waals surface area contributed by atoms with Gasteiger partial charge in [-0.15, -0.1) is 0 Å². The molecule has 0 bridgehead atoms. The fourth-order valence-electron chi connectivity index (χ4n) is 2.45. The van der Waals surface area contributed by atoms with Crippen LogP contribution >= 0.6 is 43.5 Å². The van der Waals surface area contributed by atoms with E-state index in [1.807, 2.05) is 6.07 Å². The van der Waals surface area contributed by atoms with Gasteiger partial charge in [0.25, 0.3) is 0 Å². The van der Waals surface area contributed by atoms with Crippen molar-refractivity contribution < 1.29 is 0 Å². The molecule has 1 aliphatic rings. The summed E-state index contributed by atoms with van der Waals surface area (Å²) in [4.78, 5) is 4.14. The van der Waals surface area contributed by atoms with Crippen molar-refractivity contribution in [1.82, 2.24) is 4.98 Å². The van der Waals surface area contributed by atoms with Gasteiger partial charge in [0.2, 0.25) is 0 Å². The Morgan fingerprint density at radius 1 is 1.21 bits per heavy atom. The van der Waals surface area contributed by atoms with Gasteiger partial charge in [0, 0.05) is 15.1 Å². The van der Waals surface area contributed by atoms with E-state index in [9.17, 15) is 0 Å². The van der Waals surface area contributed by atoms with Crippen LogP contribution in [-0.2, 0) is 6.42 Å². The fourth-order valence-corrected chi connectivity index (χ4v) is 3.35. The largest absolute Gasteiger partial charge is 0.376 e. The lowest BCUT2D eigenvalue weighted by Crippen LogP contribution is -2.07. The lowest BCUT2D eigenvalue weighted by Gasteiger charge is -2.16. The van der Waals surface area contributed by atoms with Gasteiger partial charge >= 0.3 is 0 Å². The van der Waals surface area contributed by atoms with E-state index in [1.165, 1.54) is 11.1 Å². The second kappa shape index (κ2) is 5.43. The van der Waals surface area contributed by atoms with Crippen LogP contribution in [0.2, 0.25) is 5.15 Å². The molecule has 1 atom stereocenters. The van der Waals surface area contributed by atoms with E-state index in [0.717, 1.165) is 27.5 Å². The minimum atomic E-state index is 0.302. The molecule has 0 saturated carbocycles. The lowest BCUT2D eigenvalue weighted by molar-refractivity contribution is 0.761. The number of rotatable bonds is 2.